The smallest absolute Gasteiger partial charge is 0.322 e. The second kappa shape index (κ2) is 6.76. The number of carbonyl (C=O) groups excluding carboxylic acids is 1. The van der Waals surface area contributed by atoms with Crippen LogP contribution in [0.5, 0.6) is 5.75 Å². The van der Waals surface area contributed by atoms with Crippen molar-refractivity contribution in [1.29, 1.82) is 0 Å². The number of nitrogens with zero attached hydrogens (tertiary/aromatic N) is 1. The molecule has 4 rings (SSSR count). The second-order valence-electron chi connectivity index (χ2n) is 6.68. The molecule has 5 heteroatoms. The van der Waals surface area contributed by atoms with Crippen molar-refractivity contribution < 1.29 is 9.53 Å². The number of carbonyl (C=O) groups is 1. The minimum absolute atomic E-state index is 0.00613. The van der Waals surface area contributed by atoms with Crippen LogP contribution in [0.2, 0.25) is 0 Å². The number of benzene rings is 2. The van der Waals surface area contributed by atoms with Crippen molar-refractivity contribution in [2.24, 2.45) is 5.92 Å². The molecule has 0 spiro atoms. The quantitative estimate of drug-likeness (QED) is 0.904. The Bertz CT molecular complexity index is 777. The maximum absolute atomic E-state index is 12.7. The van der Waals surface area contributed by atoms with Crippen molar-refractivity contribution in [3.8, 4) is 16.9 Å². The number of urea groups is 1. The van der Waals surface area contributed by atoms with Crippen LogP contribution in [0.4, 0.5) is 10.5 Å². The van der Waals surface area contributed by atoms with Crippen LogP contribution in [0.25, 0.3) is 11.1 Å². The largest absolute Gasteiger partial charge is 0.496 e. The lowest BCUT2D eigenvalue weighted by atomic mass is 10.0. The van der Waals surface area contributed by atoms with Crippen molar-refractivity contribution in [1.82, 2.24) is 10.2 Å². The van der Waals surface area contributed by atoms with Gasteiger partial charge in [-0.25, -0.2) is 4.79 Å². The Kier molecular flexibility index (Phi) is 4.32. The van der Waals surface area contributed by atoms with E-state index in [0.29, 0.717) is 12.0 Å². The molecule has 2 N–H and O–H groups in total. The average molecular weight is 337 g/mol. The van der Waals surface area contributed by atoms with E-state index in [2.05, 4.69) is 10.6 Å². The normalized spacial score (nSPS) is 21.9. The van der Waals surface area contributed by atoms with E-state index in [1.165, 1.54) is 0 Å². The standard InChI is InChI=1S/C20H23N3O2/c1-25-19-8-3-2-7-17(19)14-5-4-6-16(11-14)22-20(24)23-10-9-15-12-21-13-18(15)23/h2-8,11,15,18,21H,9-10,12-13H2,1H3,(H,22,24). The van der Waals surface area contributed by atoms with E-state index in [0.717, 1.165) is 48.6 Å². The summed E-state index contributed by atoms with van der Waals surface area (Å²) in [5.41, 5.74) is 2.85. The zero-order chi connectivity index (χ0) is 17.2. The highest BCUT2D eigenvalue weighted by atomic mass is 16.5. The lowest BCUT2D eigenvalue weighted by molar-refractivity contribution is 0.206. The second-order valence-corrected chi connectivity index (χ2v) is 6.68. The zero-order valence-electron chi connectivity index (χ0n) is 14.4. The van der Waals surface area contributed by atoms with E-state index in [9.17, 15) is 4.79 Å². The molecule has 25 heavy (non-hydrogen) atoms. The highest BCUT2D eigenvalue weighted by Crippen LogP contribution is 2.32. The van der Waals surface area contributed by atoms with Gasteiger partial charge in [0.15, 0.2) is 0 Å². The van der Waals surface area contributed by atoms with Gasteiger partial charge in [0, 0.05) is 36.9 Å². The van der Waals surface area contributed by atoms with E-state index < -0.39 is 0 Å². The van der Waals surface area contributed by atoms with Crippen LogP contribution in [-0.4, -0.2) is 43.7 Å². The van der Waals surface area contributed by atoms with Crippen molar-refractivity contribution in [2.45, 2.75) is 12.5 Å². The Morgan fingerprint density at radius 1 is 1.20 bits per heavy atom. The predicted octanol–water partition coefficient (Wildman–Crippen LogP) is 3.19. The number of rotatable bonds is 3. The third-order valence-electron chi connectivity index (χ3n) is 5.24. The summed E-state index contributed by atoms with van der Waals surface area (Å²) in [7, 11) is 1.67. The number of fused-ring (bicyclic) bond motifs is 1. The van der Waals surface area contributed by atoms with Gasteiger partial charge in [-0.05, 0) is 36.1 Å². The Morgan fingerprint density at radius 3 is 2.96 bits per heavy atom. The molecule has 2 aliphatic rings. The predicted molar refractivity (Wildman–Crippen MR) is 98.9 cm³/mol. The maximum Gasteiger partial charge on any atom is 0.322 e. The fourth-order valence-corrected chi connectivity index (χ4v) is 3.94. The third-order valence-corrected chi connectivity index (χ3v) is 5.24. The summed E-state index contributed by atoms with van der Waals surface area (Å²) in [6.07, 6.45) is 1.09. The Hall–Kier alpha value is -2.53. The van der Waals surface area contributed by atoms with Gasteiger partial charge < -0.3 is 20.3 Å². The summed E-state index contributed by atoms with van der Waals surface area (Å²) >= 11 is 0. The number of ether oxygens (including phenoxy) is 1. The summed E-state index contributed by atoms with van der Waals surface area (Å²) < 4.78 is 5.45. The molecule has 2 amide bonds. The molecule has 2 fully saturated rings. The summed E-state index contributed by atoms with van der Waals surface area (Å²) in [6, 6.07) is 16.1. The number of para-hydroxylation sites is 1. The van der Waals surface area contributed by atoms with E-state index in [1.807, 2.05) is 53.4 Å². The fourth-order valence-electron chi connectivity index (χ4n) is 3.94. The van der Waals surface area contributed by atoms with E-state index in [-0.39, 0.29) is 6.03 Å². The van der Waals surface area contributed by atoms with Crippen molar-refractivity contribution >= 4 is 11.7 Å². The highest BCUT2D eigenvalue weighted by molar-refractivity contribution is 5.91. The molecule has 5 nitrogen and oxygen atoms in total. The molecule has 0 bridgehead atoms. The van der Waals surface area contributed by atoms with Crippen LogP contribution in [0.15, 0.2) is 48.5 Å². The van der Waals surface area contributed by atoms with Gasteiger partial charge in [0.1, 0.15) is 5.75 Å². The van der Waals surface area contributed by atoms with Gasteiger partial charge in [0.25, 0.3) is 0 Å². The van der Waals surface area contributed by atoms with Crippen LogP contribution in [0.1, 0.15) is 6.42 Å². The minimum atomic E-state index is -0.00613. The van der Waals surface area contributed by atoms with Crippen LogP contribution in [-0.2, 0) is 0 Å². The third kappa shape index (κ3) is 3.07. The summed E-state index contributed by atoms with van der Waals surface area (Å²) in [6.45, 7) is 2.77. The summed E-state index contributed by atoms with van der Waals surface area (Å²) in [4.78, 5) is 14.7. The van der Waals surface area contributed by atoms with Gasteiger partial charge in [-0.1, -0.05) is 30.3 Å². The van der Waals surface area contributed by atoms with Gasteiger partial charge in [-0.3, -0.25) is 0 Å². The van der Waals surface area contributed by atoms with E-state index in [1.54, 1.807) is 7.11 Å². The van der Waals surface area contributed by atoms with Crippen LogP contribution in [0.3, 0.4) is 0 Å². The van der Waals surface area contributed by atoms with E-state index in [4.69, 9.17) is 4.74 Å². The van der Waals surface area contributed by atoms with Crippen LogP contribution < -0.4 is 15.4 Å². The Balaban J connectivity index is 1.53. The topological polar surface area (TPSA) is 53.6 Å². The molecule has 0 saturated carbocycles. The fraction of sp³-hybridized carbons (Fsp3) is 0.350. The number of hydrogen-bond donors (Lipinski definition) is 2. The van der Waals surface area contributed by atoms with Gasteiger partial charge in [-0.2, -0.15) is 0 Å². The van der Waals surface area contributed by atoms with Gasteiger partial charge in [-0.15, -0.1) is 0 Å². The minimum Gasteiger partial charge on any atom is -0.496 e. The number of nitrogens with one attached hydrogen (secondary N) is 2. The molecule has 2 heterocycles. The van der Waals surface area contributed by atoms with Crippen molar-refractivity contribution in [3.05, 3.63) is 48.5 Å². The summed E-state index contributed by atoms with van der Waals surface area (Å²) in [5.74, 6) is 1.43. The van der Waals surface area contributed by atoms with Gasteiger partial charge in [0.05, 0.1) is 7.11 Å². The Morgan fingerprint density at radius 2 is 2.08 bits per heavy atom. The average Bonchev–Trinajstić information content (AvgIpc) is 3.25. The van der Waals surface area contributed by atoms with Crippen molar-refractivity contribution in [2.75, 3.05) is 32.1 Å². The zero-order valence-corrected chi connectivity index (χ0v) is 14.4. The molecule has 2 aliphatic heterocycles. The molecule has 2 unspecified atom stereocenters. The molecular formula is C20H23N3O2. The highest BCUT2D eigenvalue weighted by Gasteiger charge is 2.39. The van der Waals surface area contributed by atoms with Gasteiger partial charge >= 0.3 is 6.03 Å². The molecular weight excluding hydrogens is 314 g/mol. The number of hydrogen-bond acceptors (Lipinski definition) is 3. The molecule has 130 valence electrons. The molecule has 2 aromatic rings. The summed E-state index contributed by atoms with van der Waals surface area (Å²) in [5, 5.41) is 6.44. The van der Waals surface area contributed by atoms with Crippen molar-refractivity contribution in [3.63, 3.8) is 0 Å². The molecule has 2 aromatic carbocycles. The first-order chi connectivity index (χ1) is 12.3. The lowest BCUT2D eigenvalue weighted by Gasteiger charge is -2.24. The molecule has 0 radical (unpaired) electrons. The van der Waals surface area contributed by atoms with Crippen LogP contribution in [0, 0.1) is 5.92 Å². The van der Waals surface area contributed by atoms with E-state index >= 15 is 0 Å². The number of anilines is 1. The Labute approximate surface area is 148 Å². The maximum atomic E-state index is 12.7. The molecule has 2 saturated heterocycles. The number of likely N-dealkylation sites (tertiary alicyclic amines) is 1. The molecule has 2 atom stereocenters. The number of methoxy groups -OCH3 is 1. The molecule has 0 aromatic heterocycles. The van der Waals surface area contributed by atoms with Gasteiger partial charge in [0.2, 0.25) is 0 Å². The molecule has 0 aliphatic carbocycles. The first-order valence-corrected chi connectivity index (χ1v) is 8.78. The number of amides is 2. The lowest BCUT2D eigenvalue weighted by Crippen LogP contribution is -2.41. The first kappa shape index (κ1) is 16.0. The first-order valence-electron chi connectivity index (χ1n) is 8.78. The SMILES string of the molecule is COc1ccccc1-c1cccc(NC(=O)N2CCC3CNCC32)c1. The van der Waals surface area contributed by atoms with Crippen LogP contribution >= 0.6 is 0 Å². The monoisotopic (exact) mass is 337 g/mol.